The van der Waals surface area contributed by atoms with Gasteiger partial charge in [-0.15, -0.1) is 0 Å². The fourth-order valence-electron chi connectivity index (χ4n) is 1.59. The van der Waals surface area contributed by atoms with Crippen LogP contribution in [-0.4, -0.2) is 60.4 Å². The van der Waals surface area contributed by atoms with E-state index in [1.807, 2.05) is 33.8 Å². The van der Waals surface area contributed by atoms with Crippen LogP contribution >= 0.6 is 0 Å². The molecule has 0 heterocycles. The van der Waals surface area contributed by atoms with Crippen LogP contribution in [0.3, 0.4) is 0 Å². The van der Waals surface area contributed by atoms with E-state index in [0.29, 0.717) is 19.5 Å². The van der Waals surface area contributed by atoms with Gasteiger partial charge in [-0.25, -0.2) is 0 Å². The van der Waals surface area contributed by atoms with Crippen molar-refractivity contribution in [3.8, 4) is 6.07 Å². The molecular weight excluding hydrogens is 256 g/mol. The SMILES string of the molecule is CCN(CC(=O)NC(C)(C)C)CC(=O)N(C)CCC#N. The molecule has 1 N–H and O–H groups in total. The first-order chi connectivity index (χ1) is 9.19. The Labute approximate surface area is 121 Å². The summed E-state index contributed by atoms with van der Waals surface area (Å²) in [5.74, 6) is -0.169. The Morgan fingerprint density at radius 2 is 1.85 bits per heavy atom. The van der Waals surface area contributed by atoms with E-state index in [1.165, 1.54) is 4.90 Å². The third-order valence-electron chi connectivity index (χ3n) is 2.67. The van der Waals surface area contributed by atoms with Crippen molar-refractivity contribution in [2.75, 3.05) is 33.2 Å². The number of amides is 2. The average Bonchev–Trinajstić information content (AvgIpc) is 2.32. The number of carbonyl (C=O) groups excluding carboxylic acids is 2. The van der Waals surface area contributed by atoms with Gasteiger partial charge in [0.05, 0.1) is 25.6 Å². The van der Waals surface area contributed by atoms with Crippen LogP contribution in [0.1, 0.15) is 34.1 Å². The van der Waals surface area contributed by atoms with E-state index in [-0.39, 0.29) is 30.4 Å². The number of carbonyl (C=O) groups is 2. The van der Waals surface area contributed by atoms with Gasteiger partial charge in [-0.3, -0.25) is 14.5 Å². The average molecular weight is 282 g/mol. The van der Waals surface area contributed by atoms with Crippen molar-refractivity contribution in [2.45, 2.75) is 39.7 Å². The molecular formula is C14H26N4O2. The molecule has 2 amide bonds. The Morgan fingerprint density at radius 1 is 1.25 bits per heavy atom. The molecule has 0 spiro atoms. The Balaban J connectivity index is 4.31. The highest BCUT2D eigenvalue weighted by Crippen LogP contribution is 1.99. The van der Waals surface area contributed by atoms with Crippen LogP contribution in [0.4, 0.5) is 0 Å². The third-order valence-corrected chi connectivity index (χ3v) is 2.67. The molecule has 0 rings (SSSR count). The standard InChI is InChI=1S/C14H26N4O2/c1-6-18(10-12(19)16-14(2,3)4)11-13(20)17(5)9-7-8-15/h6-7,9-11H2,1-5H3,(H,16,19). The van der Waals surface area contributed by atoms with Gasteiger partial charge in [0, 0.05) is 19.1 Å². The van der Waals surface area contributed by atoms with Crippen molar-refractivity contribution >= 4 is 11.8 Å². The van der Waals surface area contributed by atoms with Crippen LogP contribution in [0.2, 0.25) is 0 Å². The van der Waals surface area contributed by atoms with E-state index < -0.39 is 0 Å². The summed E-state index contributed by atoms with van der Waals surface area (Å²) >= 11 is 0. The fraction of sp³-hybridized carbons (Fsp3) is 0.786. The van der Waals surface area contributed by atoms with E-state index in [2.05, 4.69) is 5.32 Å². The second-order valence-electron chi connectivity index (χ2n) is 5.82. The van der Waals surface area contributed by atoms with Crippen molar-refractivity contribution in [3.05, 3.63) is 0 Å². The lowest BCUT2D eigenvalue weighted by molar-refractivity contribution is -0.132. The highest BCUT2D eigenvalue weighted by atomic mass is 16.2. The lowest BCUT2D eigenvalue weighted by Crippen LogP contribution is -2.48. The Hall–Kier alpha value is -1.61. The van der Waals surface area contributed by atoms with Gasteiger partial charge in [-0.05, 0) is 27.3 Å². The third kappa shape index (κ3) is 8.48. The summed E-state index contributed by atoms with van der Waals surface area (Å²) < 4.78 is 0. The smallest absolute Gasteiger partial charge is 0.236 e. The van der Waals surface area contributed by atoms with Crippen molar-refractivity contribution in [3.63, 3.8) is 0 Å². The van der Waals surface area contributed by atoms with Gasteiger partial charge >= 0.3 is 0 Å². The summed E-state index contributed by atoms with van der Waals surface area (Å²) in [5, 5.41) is 11.4. The summed E-state index contributed by atoms with van der Waals surface area (Å²) in [6, 6.07) is 2.01. The zero-order chi connectivity index (χ0) is 15.8. The van der Waals surface area contributed by atoms with Gasteiger partial charge in [-0.2, -0.15) is 5.26 Å². The molecule has 0 saturated carbocycles. The topological polar surface area (TPSA) is 76.4 Å². The molecule has 0 aromatic rings. The van der Waals surface area contributed by atoms with Crippen LogP contribution in [0.15, 0.2) is 0 Å². The molecule has 0 fully saturated rings. The lowest BCUT2D eigenvalue weighted by Gasteiger charge is -2.26. The summed E-state index contributed by atoms with van der Waals surface area (Å²) in [6.07, 6.45) is 0.318. The molecule has 0 aromatic carbocycles. The van der Waals surface area contributed by atoms with Gasteiger partial charge in [0.1, 0.15) is 0 Å². The molecule has 0 bridgehead atoms. The van der Waals surface area contributed by atoms with Crippen molar-refractivity contribution in [2.24, 2.45) is 0 Å². The number of hydrogen-bond acceptors (Lipinski definition) is 4. The quantitative estimate of drug-likeness (QED) is 0.741. The Bertz CT molecular complexity index is 368. The Kier molecular flexibility index (Phi) is 7.85. The molecule has 114 valence electrons. The zero-order valence-corrected chi connectivity index (χ0v) is 13.2. The minimum atomic E-state index is -0.274. The highest BCUT2D eigenvalue weighted by Gasteiger charge is 2.18. The maximum atomic E-state index is 11.9. The number of likely N-dealkylation sites (N-methyl/N-ethyl adjacent to an activating group) is 2. The molecule has 20 heavy (non-hydrogen) atoms. The molecule has 6 nitrogen and oxygen atoms in total. The van der Waals surface area contributed by atoms with Crippen LogP contribution < -0.4 is 5.32 Å². The molecule has 0 radical (unpaired) electrons. The monoisotopic (exact) mass is 282 g/mol. The second-order valence-corrected chi connectivity index (χ2v) is 5.82. The summed E-state index contributed by atoms with van der Waals surface area (Å²) in [4.78, 5) is 27.1. The van der Waals surface area contributed by atoms with Crippen LogP contribution in [0, 0.1) is 11.3 Å². The van der Waals surface area contributed by atoms with E-state index >= 15 is 0 Å². The van der Waals surface area contributed by atoms with Crippen molar-refractivity contribution in [1.29, 1.82) is 5.26 Å². The van der Waals surface area contributed by atoms with Gasteiger partial charge in [-0.1, -0.05) is 6.92 Å². The van der Waals surface area contributed by atoms with E-state index in [0.717, 1.165) is 0 Å². The molecule has 6 heteroatoms. The fourth-order valence-corrected chi connectivity index (χ4v) is 1.59. The van der Waals surface area contributed by atoms with Crippen LogP contribution in [0.5, 0.6) is 0 Å². The molecule has 0 aliphatic rings. The molecule has 0 aliphatic heterocycles. The summed E-state index contributed by atoms with van der Waals surface area (Å²) in [5.41, 5.74) is -0.274. The maximum Gasteiger partial charge on any atom is 0.236 e. The first-order valence-electron chi connectivity index (χ1n) is 6.84. The second kappa shape index (κ2) is 8.54. The normalized spacial score (nSPS) is 11.1. The van der Waals surface area contributed by atoms with Crippen LogP contribution in [0.25, 0.3) is 0 Å². The van der Waals surface area contributed by atoms with Gasteiger partial charge in [0.2, 0.25) is 11.8 Å². The molecule has 0 saturated heterocycles. The van der Waals surface area contributed by atoms with Crippen molar-refractivity contribution in [1.82, 2.24) is 15.1 Å². The molecule has 0 atom stereocenters. The minimum absolute atomic E-state index is 0.0781. The van der Waals surface area contributed by atoms with Crippen molar-refractivity contribution < 1.29 is 9.59 Å². The van der Waals surface area contributed by atoms with E-state index in [9.17, 15) is 9.59 Å². The predicted molar refractivity (Wildman–Crippen MR) is 77.9 cm³/mol. The first kappa shape index (κ1) is 18.4. The molecule has 0 aromatic heterocycles. The number of hydrogen-bond donors (Lipinski definition) is 1. The molecule has 0 unspecified atom stereocenters. The number of nitrogens with one attached hydrogen (secondary N) is 1. The number of rotatable bonds is 7. The van der Waals surface area contributed by atoms with E-state index in [1.54, 1.807) is 11.9 Å². The number of nitrogens with zero attached hydrogens (tertiary/aromatic N) is 3. The first-order valence-corrected chi connectivity index (χ1v) is 6.84. The largest absolute Gasteiger partial charge is 0.350 e. The maximum absolute atomic E-state index is 11.9. The molecule has 0 aliphatic carbocycles. The number of nitriles is 1. The van der Waals surface area contributed by atoms with Gasteiger partial charge in [0.15, 0.2) is 0 Å². The summed E-state index contributed by atoms with van der Waals surface area (Å²) in [6.45, 7) is 9.09. The highest BCUT2D eigenvalue weighted by molar-refractivity contribution is 5.81. The zero-order valence-electron chi connectivity index (χ0n) is 13.2. The predicted octanol–water partition coefficient (Wildman–Crippen LogP) is 0.595. The van der Waals surface area contributed by atoms with Gasteiger partial charge in [0.25, 0.3) is 0 Å². The summed E-state index contributed by atoms with van der Waals surface area (Å²) in [7, 11) is 1.67. The van der Waals surface area contributed by atoms with Crippen LogP contribution in [-0.2, 0) is 9.59 Å². The van der Waals surface area contributed by atoms with Gasteiger partial charge < -0.3 is 10.2 Å². The minimum Gasteiger partial charge on any atom is -0.350 e. The van der Waals surface area contributed by atoms with E-state index in [4.69, 9.17) is 5.26 Å². The lowest BCUT2D eigenvalue weighted by atomic mass is 10.1. The Morgan fingerprint density at radius 3 is 2.30 bits per heavy atom.